The highest BCUT2D eigenvalue weighted by molar-refractivity contribution is 9.10. The van der Waals surface area contributed by atoms with E-state index in [2.05, 4.69) is 31.5 Å². The number of rotatable bonds is 3. The van der Waals surface area contributed by atoms with Crippen molar-refractivity contribution in [2.24, 2.45) is 5.92 Å². The number of hydrogen-bond acceptors (Lipinski definition) is 3. The summed E-state index contributed by atoms with van der Waals surface area (Å²) >= 11 is 3.28. The summed E-state index contributed by atoms with van der Waals surface area (Å²) in [5.41, 5.74) is 0.0354. The lowest BCUT2D eigenvalue weighted by molar-refractivity contribution is -0.117. The van der Waals surface area contributed by atoms with Crippen molar-refractivity contribution in [2.75, 3.05) is 5.32 Å². The fourth-order valence-corrected chi connectivity index (χ4v) is 3.70. The monoisotopic (exact) mass is 411 g/mol. The summed E-state index contributed by atoms with van der Waals surface area (Å²) in [4.78, 5) is 26.3. The molecule has 2 aliphatic rings. The zero-order valence-electron chi connectivity index (χ0n) is 11.9. The minimum Gasteiger partial charge on any atom is -0.326 e. The molecule has 0 aromatic carbocycles. The van der Waals surface area contributed by atoms with E-state index in [4.69, 9.17) is 0 Å². The minimum absolute atomic E-state index is 0. The molecule has 5 nitrogen and oxygen atoms in total. The van der Waals surface area contributed by atoms with E-state index in [9.17, 15) is 9.59 Å². The van der Waals surface area contributed by atoms with Crippen LogP contribution >= 0.6 is 40.7 Å². The second-order valence-electron chi connectivity index (χ2n) is 5.79. The van der Waals surface area contributed by atoms with Crippen molar-refractivity contribution in [1.82, 2.24) is 10.3 Å². The number of fused-ring (bicyclic) bond motifs is 2. The van der Waals surface area contributed by atoms with Crippen LogP contribution in [0, 0.1) is 5.92 Å². The van der Waals surface area contributed by atoms with Gasteiger partial charge in [-0.15, -0.1) is 24.8 Å². The summed E-state index contributed by atoms with van der Waals surface area (Å²) < 4.78 is 0.743. The first-order valence-electron chi connectivity index (χ1n) is 7.04. The van der Waals surface area contributed by atoms with Crippen molar-refractivity contribution in [3.8, 4) is 0 Å². The van der Waals surface area contributed by atoms with E-state index in [0.29, 0.717) is 30.1 Å². The Balaban J connectivity index is 0.00000121. The van der Waals surface area contributed by atoms with Gasteiger partial charge >= 0.3 is 0 Å². The lowest BCUT2D eigenvalue weighted by Crippen LogP contribution is -2.39. The van der Waals surface area contributed by atoms with Crippen LogP contribution < -0.4 is 16.2 Å². The molecular formula is C14H20BrCl2N3O2. The van der Waals surface area contributed by atoms with Gasteiger partial charge in [0.1, 0.15) is 5.69 Å². The van der Waals surface area contributed by atoms with Crippen LogP contribution in [0.1, 0.15) is 32.1 Å². The normalized spacial score (nSPS) is 25.8. The molecule has 0 aliphatic carbocycles. The predicted molar refractivity (Wildman–Crippen MR) is 95.2 cm³/mol. The van der Waals surface area contributed by atoms with Gasteiger partial charge in [-0.2, -0.15) is 0 Å². The molecule has 2 fully saturated rings. The largest absolute Gasteiger partial charge is 0.326 e. The molecular weight excluding hydrogens is 393 g/mol. The average molecular weight is 413 g/mol. The number of piperidine rings is 1. The molecule has 3 rings (SSSR count). The molecule has 2 unspecified atom stereocenters. The van der Waals surface area contributed by atoms with Gasteiger partial charge in [-0.3, -0.25) is 9.59 Å². The highest BCUT2D eigenvalue weighted by Crippen LogP contribution is 2.32. The summed E-state index contributed by atoms with van der Waals surface area (Å²) in [6.07, 6.45) is 6.66. The molecule has 2 atom stereocenters. The topological polar surface area (TPSA) is 74.0 Å². The van der Waals surface area contributed by atoms with Crippen LogP contribution in [0.3, 0.4) is 0 Å². The highest BCUT2D eigenvalue weighted by atomic mass is 79.9. The van der Waals surface area contributed by atoms with Crippen molar-refractivity contribution < 1.29 is 4.79 Å². The highest BCUT2D eigenvalue weighted by Gasteiger charge is 2.34. The molecule has 1 amide bonds. The quantitative estimate of drug-likeness (QED) is 0.714. The minimum atomic E-state index is -0.271. The van der Waals surface area contributed by atoms with Crippen molar-refractivity contribution in [3.63, 3.8) is 0 Å². The first-order valence-corrected chi connectivity index (χ1v) is 7.83. The standard InChI is InChI=1S/C14H18BrN3O2.2ClH/c15-9-6-12(14(20)16-7-9)18-13(19)5-8-3-10-1-2-11(4-8)17-10;;/h6-8,10-11,17H,1-5H2,(H,16,20)(H,18,19);2*1H. The smallest absolute Gasteiger partial charge is 0.271 e. The number of carbonyl (C=O) groups is 1. The van der Waals surface area contributed by atoms with Crippen LogP contribution in [0.25, 0.3) is 0 Å². The van der Waals surface area contributed by atoms with E-state index in [0.717, 1.165) is 17.3 Å². The molecule has 3 heterocycles. The number of nitrogens with one attached hydrogen (secondary N) is 3. The summed E-state index contributed by atoms with van der Waals surface area (Å²) in [6, 6.07) is 2.80. The maximum absolute atomic E-state index is 12.1. The van der Waals surface area contributed by atoms with Gasteiger partial charge in [0.15, 0.2) is 0 Å². The van der Waals surface area contributed by atoms with Gasteiger partial charge in [-0.25, -0.2) is 0 Å². The Kier molecular flexibility index (Phi) is 7.38. The predicted octanol–water partition coefficient (Wildman–Crippen LogP) is 2.84. The van der Waals surface area contributed by atoms with Gasteiger partial charge in [0, 0.05) is 29.2 Å². The molecule has 0 spiro atoms. The van der Waals surface area contributed by atoms with Gasteiger partial charge in [-0.05, 0) is 53.6 Å². The molecule has 8 heteroatoms. The Labute approximate surface area is 150 Å². The fourth-order valence-electron chi connectivity index (χ4n) is 3.36. The third kappa shape index (κ3) is 4.72. The Morgan fingerprint density at radius 2 is 1.91 bits per heavy atom. The lowest BCUT2D eigenvalue weighted by atomic mass is 9.89. The van der Waals surface area contributed by atoms with E-state index in [1.807, 2.05) is 0 Å². The number of anilines is 1. The van der Waals surface area contributed by atoms with E-state index in [-0.39, 0.29) is 36.3 Å². The van der Waals surface area contributed by atoms with Gasteiger partial charge in [0.2, 0.25) is 5.91 Å². The van der Waals surface area contributed by atoms with Crippen LogP contribution in [0.15, 0.2) is 21.5 Å². The van der Waals surface area contributed by atoms with Crippen LogP contribution in [0.2, 0.25) is 0 Å². The number of hydrogen-bond donors (Lipinski definition) is 3. The number of aromatic nitrogens is 1. The third-order valence-corrected chi connectivity index (χ3v) is 4.64. The van der Waals surface area contributed by atoms with Crippen molar-refractivity contribution in [1.29, 1.82) is 0 Å². The Hall–Kier alpha value is -0.560. The van der Waals surface area contributed by atoms with Gasteiger partial charge in [0.25, 0.3) is 5.56 Å². The van der Waals surface area contributed by atoms with E-state index in [1.54, 1.807) is 12.3 Å². The zero-order valence-corrected chi connectivity index (χ0v) is 15.2. The Morgan fingerprint density at radius 1 is 1.27 bits per heavy atom. The number of aromatic amines is 1. The van der Waals surface area contributed by atoms with Gasteiger partial charge in [-0.1, -0.05) is 0 Å². The molecule has 2 aliphatic heterocycles. The molecule has 1 aromatic heterocycles. The molecule has 0 saturated carbocycles. The van der Waals surface area contributed by atoms with Crippen molar-refractivity contribution in [2.45, 2.75) is 44.2 Å². The maximum Gasteiger partial charge on any atom is 0.271 e. The summed E-state index contributed by atoms with van der Waals surface area (Å²) in [5, 5.41) is 6.28. The second kappa shape index (κ2) is 8.34. The Morgan fingerprint density at radius 3 is 2.55 bits per heavy atom. The van der Waals surface area contributed by atoms with Gasteiger partial charge < -0.3 is 15.6 Å². The first kappa shape index (κ1) is 19.5. The second-order valence-corrected chi connectivity index (χ2v) is 6.70. The Bertz CT molecular complexity index is 569. The van der Waals surface area contributed by atoms with E-state index in [1.165, 1.54) is 12.8 Å². The van der Waals surface area contributed by atoms with Gasteiger partial charge in [0.05, 0.1) is 0 Å². The number of amides is 1. The fraction of sp³-hybridized carbons (Fsp3) is 0.571. The van der Waals surface area contributed by atoms with Crippen LogP contribution in [-0.2, 0) is 4.79 Å². The summed E-state index contributed by atoms with van der Waals surface area (Å²) in [5.74, 6) is 0.361. The summed E-state index contributed by atoms with van der Waals surface area (Å²) in [6.45, 7) is 0. The van der Waals surface area contributed by atoms with Crippen molar-refractivity contribution in [3.05, 3.63) is 27.1 Å². The number of pyridine rings is 1. The van der Waals surface area contributed by atoms with E-state index < -0.39 is 0 Å². The average Bonchev–Trinajstić information content (AvgIpc) is 2.73. The molecule has 2 saturated heterocycles. The number of halogens is 3. The molecule has 3 N–H and O–H groups in total. The third-order valence-electron chi connectivity index (χ3n) is 4.19. The summed E-state index contributed by atoms with van der Waals surface area (Å²) in [7, 11) is 0. The molecule has 124 valence electrons. The van der Waals surface area contributed by atoms with Crippen molar-refractivity contribution >= 4 is 52.3 Å². The first-order chi connectivity index (χ1) is 9.60. The molecule has 1 aromatic rings. The van der Waals surface area contributed by atoms with Crippen LogP contribution in [0.5, 0.6) is 0 Å². The zero-order chi connectivity index (χ0) is 14.1. The van der Waals surface area contributed by atoms with E-state index >= 15 is 0 Å². The number of carbonyl (C=O) groups excluding carboxylic acids is 1. The van der Waals surface area contributed by atoms with Crippen LogP contribution in [-0.4, -0.2) is 23.0 Å². The molecule has 22 heavy (non-hydrogen) atoms. The molecule has 0 radical (unpaired) electrons. The molecule has 2 bridgehead atoms. The lowest BCUT2D eigenvalue weighted by Gasteiger charge is -2.28. The maximum atomic E-state index is 12.1. The van der Waals surface area contributed by atoms with Crippen LogP contribution in [0.4, 0.5) is 5.69 Å². The SMILES string of the molecule is Cl.Cl.O=C(CC1CC2CCC(C1)N2)Nc1cc(Br)c[nH]c1=O. The number of H-pyrrole nitrogens is 1.